The number of imidazole rings is 1. The summed E-state index contributed by atoms with van der Waals surface area (Å²) in [5.74, 6) is 1.62. The largest absolute Gasteiger partial charge is 0.256 e. The summed E-state index contributed by atoms with van der Waals surface area (Å²) < 4.78 is 5.26. The highest BCUT2D eigenvalue weighted by Crippen LogP contribution is 2.15. The van der Waals surface area contributed by atoms with Crippen LogP contribution in [0.3, 0.4) is 0 Å². The van der Waals surface area contributed by atoms with E-state index in [0.717, 1.165) is 0 Å². The van der Waals surface area contributed by atoms with Crippen molar-refractivity contribution < 1.29 is 4.57 Å². The maximum absolute atomic E-state index is 2.63. The van der Waals surface area contributed by atoms with Gasteiger partial charge >= 0.3 is 0 Å². The standard InChI is InChI=1S/C39H77N2/c1-4-7-10-13-16-18-20-22-24-27-30-33-36-41-38-37-40(35-32-29-26-15-12-9-6-3)39(41)34-31-28-25-23-21-19-17-14-11-8-5-2/h37-38H,4-36H2,1-3H3/q+1. The second-order valence-electron chi connectivity index (χ2n) is 13.4. The van der Waals surface area contributed by atoms with E-state index in [0.29, 0.717) is 0 Å². The fraction of sp³-hybridized carbons (Fsp3) is 0.923. The molecule has 0 unspecified atom stereocenters. The summed E-state index contributed by atoms with van der Waals surface area (Å²) >= 11 is 0. The maximum atomic E-state index is 2.63. The third-order valence-electron chi connectivity index (χ3n) is 9.35. The molecule has 0 aliphatic rings. The molecule has 41 heavy (non-hydrogen) atoms. The molecule has 0 saturated carbocycles. The van der Waals surface area contributed by atoms with Gasteiger partial charge in [0.1, 0.15) is 12.4 Å². The minimum Gasteiger partial charge on any atom is -0.234 e. The minimum atomic E-state index is 1.23. The highest BCUT2D eigenvalue weighted by Gasteiger charge is 2.16. The van der Waals surface area contributed by atoms with Crippen LogP contribution in [-0.2, 0) is 19.5 Å². The molecule has 1 rings (SSSR count). The lowest BCUT2D eigenvalue weighted by Gasteiger charge is -2.07. The van der Waals surface area contributed by atoms with Gasteiger partial charge in [-0.1, -0.05) is 181 Å². The van der Waals surface area contributed by atoms with Crippen molar-refractivity contribution >= 4 is 0 Å². The molecule has 0 radical (unpaired) electrons. The molecule has 242 valence electrons. The molecular formula is C39H77N2+. The summed E-state index contributed by atoms with van der Waals surface area (Å²) in [6.07, 6.45) is 48.9. The quantitative estimate of drug-likeness (QED) is 0.0584. The third kappa shape index (κ3) is 23.4. The lowest BCUT2D eigenvalue weighted by Crippen LogP contribution is -2.37. The van der Waals surface area contributed by atoms with Crippen LogP contribution in [0.25, 0.3) is 0 Å². The first kappa shape index (κ1) is 38.2. The van der Waals surface area contributed by atoms with E-state index >= 15 is 0 Å². The Morgan fingerprint density at radius 1 is 0.415 bits per heavy atom. The predicted octanol–water partition coefficient (Wildman–Crippen LogP) is 13.1. The summed E-state index contributed by atoms with van der Waals surface area (Å²) in [5.41, 5.74) is 0. The highest BCUT2D eigenvalue weighted by molar-refractivity contribution is 4.84. The van der Waals surface area contributed by atoms with E-state index in [1.165, 1.54) is 212 Å². The van der Waals surface area contributed by atoms with Gasteiger partial charge in [-0.15, -0.1) is 0 Å². The van der Waals surface area contributed by atoms with Crippen molar-refractivity contribution in [2.75, 3.05) is 0 Å². The monoisotopic (exact) mass is 574 g/mol. The molecule has 1 aromatic rings. The van der Waals surface area contributed by atoms with Crippen molar-refractivity contribution in [2.45, 2.75) is 233 Å². The van der Waals surface area contributed by atoms with Crippen LogP contribution in [0.2, 0.25) is 0 Å². The van der Waals surface area contributed by atoms with E-state index < -0.39 is 0 Å². The van der Waals surface area contributed by atoms with Crippen molar-refractivity contribution in [1.29, 1.82) is 0 Å². The number of hydrogen-bond donors (Lipinski definition) is 0. The highest BCUT2D eigenvalue weighted by atomic mass is 15.1. The summed E-state index contributed by atoms with van der Waals surface area (Å²) in [4.78, 5) is 0. The van der Waals surface area contributed by atoms with Gasteiger partial charge < -0.3 is 0 Å². The van der Waals surface area contributed by atoms with Gasteiger partial charge in [0, 0.05) is 6.42 Å². The second-order valence-corrected chi connectivity index (χ2v) is 13.4. The fourth-order valence-corrected chi connectivity index (χ4v) is 6.50. The second kappa shape index (κ2) is 30.7. The molecule has 2 heteroatoms. The van der Waals surface area contributed by atoms with E-state index in [1.807, 2.05) is 0 Å². The van der Waals surface area contributed by atoms with Gasteiger partial charge in [-0.05, 0) is 32.1 Å². The van der Waals surface area contributed by atoms with Gasteiger partial charge in [0.05, 0.1) is 13.1 Å². The van der Waals surface area contributed by atoms with Crippen molar-refractivity contribution in [2.24, 2.45) is 0 Å². The zero-order valence-electron chi connectivity index (χ0n) is 28.9. The number of hydrogen-bond acceptors (Lipinski definition) is 0. The zero-order valence-corrected chi connectivity index (χ0v) is 28.9. The first-order chi connectivity index (χ1) is 20.3. The molecule has 0 aliphatic carbocycles. The lowest BCUT2D eigenvalue weighted by atomic mass is 10.0. The van der Waals surface area contributed by atoms with Crippen molar-refractivity contribution in [1.82, 2.24) is 4.57 Å². The Balaban J connectivity index is 2.29. The summed E-state index contributed by atoms with van der Waals surface area (Å²) in [7, 11) is 0. The van der Waals surface area contributed by atoms with Crippen molar-refractivity contribution in [3.63, 3.8) is 0 Å². The zero-order chi connectivity index (χ0) is 29.5. The molecule has 0 N–H and O–H groups in total. The Morgan fingerprint density at radius 2 is 0.756 bits per heavy atom. The van der Waals surface area contributed by atoms with Crippen molar-refractivity contribution in [3.8, 4) is 0 Å². The molecule has 0 aromatic carbocycles. The van der Waals surface area contributed by atoms with Gasteiger partial charge in [0.25, 0.3) is 5.82 Å². The molecule has 0 saturated heterocycles. The van der Waals surface area contributed by atoms with Crippen LogP contribution in [0.15, 0.2) is 12.4 Å². The molecular weight excluding hydrogens is 496 g/mol. The van der Waals surface area contributed by atoms with Crippen molar-refractivity contribution in [3.05, 3.63) is 18.2 Å². The topological polar surface area (TPSA) is 8.81 Å². The molecule has 0 atom stereocenters. The Morgan fingerprint density at radius 3 is 1.17 bits per heavy atom. The molecule has 2 nitrogen and oxygen atoms in total. The summed E-state index contributed by atoms with van der Waals surface area (Å²) in [6, 6.07) is 0. The molecule has 1 aromatic heterocycles. The molecule has 0 amide bonds. The van der Waals surface area contributed by atoms with E-state index in [2.05, 4.69) is 42.3 Å². The molecule has 0 bridgehead atoms. The average molecular weight is 574 g/mol. The van der Waals surface area contributed by atoms with E-state index in [-0.39, 0.29) is 0 Å². The number of nitrogens with zero attached hydrogens (tertiary/aromatic N) is 2. The minimum absolute atomic E-state index is 1.23. The number of aromatic nitrogens is 2. The molecule has 1 heterocycles. The average Bonchev–Trinajstić information content (AvgIpc) is 3.37. The maximum Gasteiger partial charge on any atom is 0.256 e. The Hall–Kier alpha value is -0.790. The molecule has 0 aliphatic heterocycles. The van der Waals surface area contributed by atoms with Crippen LogP contribution in [0.1, 0.15) is 219 Å². The summed E-state index contributed by atoms with van der Waals surface area (Å²) in [6.45, 7) is 9.40. The van der Waals surface area contributed by atoms with Crippen LogP contribution in [0, 0.1) is 0 Å². The normalized spacial score (nSPS) is 11.6. The fourth-order valence-electron chi connectivity index (χ4n) is 6.50. The predicted molar refractivity (Wildman–Crippen MR) is 184 cm³/mol. The molecule has 0 fully saturated rings. The SMILES string of the molecule is CCCCCCCCCCCCCCn1cc[n+](CCCCCCCCC)c1CCCCCCCCCCCCC. The lowest BCUT2D eigenvalue weighted by molar-refractivity contribution is -0.704. The third-order valence-corrected chi connectivity index (χ3v) is 9.35. The van der Waals surface area contributed by atoms with Gasteiger partial charge in [0.15, 0.2) is 0 Å². The van der Waals surface area contributed by atoms with E-state index in [1.54, 1.807) is 5.82 Å². The van der Waals surface area contributed by atoms with Crippen LogP contribution < -0.4 is 4.57 Å². The molecule has 0 spiro atoms. The summed E-state index contributed by atoms with van der Waals surface area (Å²) in [5, 5.41) is 0. The Kier molecular flexibility index (Phi) is 28.6. The van der Waals surface area contributed by atoms with Crippen LogP contribution >= 0.6 is 0 Å². The van der Waals surface area contributed by atoms with E-state index in [4.69, 9.17) is 0 Å². The first-order valence-electron chi connectivity index (χ1n) is 19.4. The van der Waals surface area contributed by atoms with Crippen LogP contribution in [-0.4, -0.2) is 4.57 Å². The van der Waals surface area contributed by atoms with Crippen LogP contribution in [0.4, 0.5) is 0 Å². The Labute approximate surface area is 259 Å². The van der Waals surface area contributed by atoms with E-state index in [9.17, 15) is 0 Å². The smallest absolute Gasteiger partial charge is 0.234 e. The van der Waals surface area contributed by atoms with Gasteiger partial charge in [-0.2, -0.15) is 0 Å². The van der Waals surface area contributed by atoms with Gasteiger partial charge in [0.2, 0.25) is 0 Å². The Bertz CT molecular complexity index is 634. The first-order valence-corrected chi connectivity index (χ1v) is 19.4. The van der Waals surface area contributed by atoms with Gasteiger partial charge in [-0.25, -0.2) is 9.13 Å². The number of aryl methyl sites for hydroxylation is 2. The van der Waals surface area contributed by atoms with Crippen LogP contribution in [0.5, 0.6) is 0 Å². The van der Waals surface area contributed by atoms with Gasteiger partial charge in [-0.3, -0.25) is 0 Å². The number of unbranched alkanes of at least 4 members (excludes halogenated alkanes) is 27. The number of rotatable bonds is 33.